The van der Waals surface area contributed by atoms with Crippen molar-refractivity contribution in [2.24, 2.45) is 5.92 Å². The van der Waals surface area contributed by atoms with Crippen LogP contribution in [0.5, 0.6) is 0 Å². The molecule has 4 nitrogen and oxygen atoms in total. The Morgan fingerprint density at radius 2 is 1.50 bits per heavy atom. The van der Waals surface area contributed by atoms with E-state index in [9.17, 15) is 4.79 Å². The second-order valence-corrected chi connectivity index (χ2v) is 11.0. The summed E-state index contributed by atoms with van der Waals surface area (Å²) in [7, 11) is 2.28. The van der Waals surface area contributed by atoms with E-state index < -0.39 is 0 Å². The summed E-state index contributed by atoms with van der Waals surface area (Å²) < 4.78 is 11.8. The molecule has 0 aliphatic heterocycles. The van der Waals surface area contributed by atoms with E-state index in [0.717, 1.165) is 51.6 Å². The Kier molecular flexibility index (Phi) is 8.54. The first-order valence-corrected chi connectivity index (χ1v) is 11.5. The van der Waals surface area contributed by atoms with Crippen molar-refractivity contribution >= 4 is 5.78 Å². The molecule has 0 spiro atoms. The Bertz CT molecular complexity index is 477. The van der Waals surface area contributed by atoms with E-state index in [2.05, 4.69) is 53.5 Å². The molecule has 0 aromatic heterocycles. The van der Waals surface area contributed by atoms with Crippen LogP contribution in [0.1, 0.15) is 99.3 Å². The third kappa shape index (κ3) is 8.12. The molecule has 0 saturated heterocycles. The number of ether oxygens (including phenoxy) is 2. The van der Waals surface area contributed by atoms with Crippen LogP contribution in [-0.2, 0) is 14.3 Å². The van der Waals surface area contributed by atoms with Gasteiger partial charge in [0.1, 0.15) is 5.78 Å². The van der Waals surface area contributed by atoms with Gasteiger partial charge in [-0.1, -0.05) is 0 Å². The van der Waals surface area contributed by atoms with Gasteiger partial charge in [-0.2, -0.15) is 0 Å². The van der Waals surface area contributed by atoms with Crippen molar-refractivity contribution in [2.75, 3.05) is 13.7 Å². The molecule has 164 valence electrons. The minimum Gasteiger partial charge on any atom is -0.376 e. The van der Waals surface area contributed by atoms with Gasteiger partial charge >= 0.3 is 0 Å². The van der Waals surface area contributed by atoms with Crippen LogP contribution >= 0.6 is 0 Å². The van der Waals surface area contributed by atoms with Crippen molar-refractivity contribution in [1.29, 1.82) is 0 Å². The Morgan fingerprint density at radius 3 is 2.04 bits per heavy atom. The number of carbonyl (C=O) groups excluding carboxylic acids is 1. The first-order chi connectivity index (χ1) is 12.9. The standard InChI is InChI=1S/C24H45NO3/c1-23(2,3)27-15-9-8-10-22(26)18-11-13-19(14-12-18)25(7)20-16-21(17-20)28-24(4,5)6/h18-21H,8-17H2,1-7H3. The maximum Gasteiger partial charge on any atom is 0.135 e. The highest BCUT2D eigenvalue weighted by atomic mass is 16.5. The van der Waals surface area contributed by atoms with Gasteiger partial charge in [-0.3, -0.25) is 4.79 Å². The summed E-state index contributed by atoms with van der Waals surface area (Å²) >= 11 is 0. The van der Waals surface area contributed by atoms with Gasteiger partial charge in [0.05, 0.1) is 17.3 Å². The van der Waals surface area contributed by atoms with Crippen molar-refractivity contribution in [3.63, 3.8) is 0 Å². The quantitative estimate of drug-likeness (QED) is 0.492. The summed E-state index contributed by atoms with van der Waals surface area (Å²) in [5.41, 5.74) is -0.112. The average Bonchev–Trinajstić information content (AvgIpc) is 2.55. The predicted molar refractivity (Wildman–Crippen MR) is 116 cm³/mol. The average molecular weight is 396 g/mol. The van der Waals surface area contributed by atoms with E-state index in [1.807, 2.05) is 0 Å². The first-order valence-electron chi connectivity index (χ1n) is 11.5. The topological polar surface area (TPSA) is 38.8 Å². The van der Waals surface area contributed by atoms with E-state index in [-0.39, 0.29) is 11.2 Å². The fourth-order valence-corrected chi connectivity index (χ4v) is 4.55. The second kappa shape index (κ2) is 10.0. The van der Waals surface area contributed by atoms with Crippen molar-refractivity contribution in [3.05, 3.63) is 0 Å². The maximum atomic E-state index is 12.5. The second-order valence-electron chi connectivity index (χ2n) is 11.0. The number of hydrogen-bond acceptors (Lipinski definition) is 4. The van der Waals surface area contributed by atoms with Gasteiger partial charge in [-0.25, -0.2) is 0 Å². The molecule has 2 saturated carbocycles. The molecule has 2 rings (SSSR count). The highest BCUT2D eigenvalue weighted by Crippen LogP contribution is 2.36. The lowest BCUT2D eigenvalue weighted by Gasteiger charge is -2.47. The minimum absolute atomic E-state index is 0.0362. The lowest BCUT2D eigenvalue weighted by Crippen LogP contribution is -2.52. The van der Waals surface area contributed by atoms with E-state index in [4.69, 9.17) is 9.47 Å². The van der Waals surface area contributed by atoms with E-state index in [1.54, 1.807) is 0 Å². The molecule has 0 aromatic carbocycles. The summed E-state index contributed by atoms with van der Waals surface area (Å²) in [5.74, 6) is 0.783. The molecule has 0 amide bonds. The number of carbonyl (C=O) groups is 1. The molecule has 0 radical (unpaired) electrons. The smallest absolute Gasteiger partial charge is 0.135 e. The normalized spacial score (nSPS) is 29.0. The molecular formula is C24H45NO3. The fourth-order valence-electron chi connectivity index (χ4n) is 4.55. The summed E-state index contributed by atoms with van der Waals surface area (Å²) in [6.07, 6.45) is 9.89. The molecule has 0 unspecified atom stereocenters. The van der Waals surface area contributed by atoms with Gasteiger partial charge in [0.25, 0.3) is 0 Å². The van der Waals surface area contributed by atoms with Gasteiger partial charge < -0.3 is 14.4 Å². The lowest BCUT2D eigenvalue weighted by atomic mass is 9.79. The zero-order valence-corrected chi connectivity index (χ0v) is 19.6. The molecule has 2 aliphatic rings. The van der Waals surface area contributed by atoms with Crippen molar-refractivity contribution in [1.82, 2.24) is 4.90 Å². The van der Waals surface area contributed by atoms with Gasteiger partial charge in [-0.15, -0.1) is 0 Å². The molecule has 28 heavy (non-hydrogen) atoms. The summed E-state index contributed by atoms with van der Waals surface area (Å²) in [6, 6.07) is 1.30. The molecule has 2 aliphatic carbocycles. The Hall–Kier alpha value is -0.450. The van der Waals surface area contributed by atoms with Crippen molar-refractivity contribution in [2.45, 2.75) is 129 Å². The van der Waals surface area contributed by atoms with Gasteiger partial charge in [0, 0.05) is 31.0 Å². The molecule has 0 bridgehead atoms. The zero-order valence-electron chi connectivity index (χ0n) is 19.6. The molecule has 0 N–H and O–H groups in total. The van der Waals surface area contributed by atoms with Crippen molar-refractivity contribution < 1.29 is 14.3 Å². The first kappa shape index (κ1) is 23.8. The number of nitrogens with zero attached hydrogens (tertiary/aromatic N) is 1. The fraction of sp³-hybridized carbons (Fsp3) is 0.958. The highest BCUT2D eigenvalue weighted by molar-refractivity contribution is 5.81. The summed E-state index contributed by atoms with van der Waals surface area (Å²) in [5, 5.41) is 0. The largest absolute Gasteiger partial charge is 0.376 e. The van der Waals surface area contributed by atoms with Crippen LogP contribution in [-0.4, -0.2) is 53.7 Å². The maximum absolute atomic E-state index is 12.5. The molecule has 0 heterocycles. The predicted octanol–water partition coefficient (Wildman–Crippen LogP) is 5.38. The zero-order chi connectivity index (χ0) is 20.9. The lowest BCUT2D eigenvalue weighted by molar-refractivity contribution is -0.127. The van der Waals surface area contributed by atoms with Crippen LogP contribution in [0, 0.1) is 5.92 Å². The van der Waals surface area contributed by atoms with E-state index in [0.29, 0.717) is 29.9 Å². The molecule has 0 atom stereocenters. The third-order valence-electron chi connectivity index (χ3n) is 6.25. The third-order valence-corrected chi connectivity index (χ3v) is 6.25. The number of rotatable bonds is 9. The Labute approximate surface area is 173 Å². The van der Waals surface area contributed by atoms with Crippen LogP contribution in [0.15, 0.2) is 0 Å². The summed E-state index contributed by atoms with van der Waals surface area (Å²) in [4.78, 5) is 15.1. The van der Waals surface area contributed by atoms with Crippen LogP contribution in [0.2, 0.25) is 0 Å². The molecular weight excluding hydrogens is 350 g/mol. The van der Waals surface area contributed by atoms with Crippen LogP contribution < -0.4 is 0 Å². The number of hydrogen-bond donors (Lipinski definition) is 0. The Morgan fingerprint density at radius 1 is 0.893 bits per heavy atom. The number of Topliss-reactive ketones (excluding diaryl/α,β-unsaturated/α-hetero) is 1. The molecule has 4 heteroatoms. The minimum atomic E-state index is -0.0757. The van der Waals surface area contributed by atoms with E-state index >= 15 is 0 Å². The SMILES string of the molecule is CN(C1CCC(C(=O)CCCCOC(C)(C)C)CC1)C1CC(OC(C)(C)C)C1. The van der Waals surface area contributed by atoms with E-state index in [1.165, 1.54) is 12.8 Å². The monoisotopic (exact) mass is 395 g/mol. The number of ketones is 1. The van der Waals surface area contributed by atoms with Crippen LogP contribution in [0.25, 0.3) is 0 Å². The van der Waals surface area contributed by atoms with Gasteiger partial charge in [0.2, 0.25) is 0 Å². The highest BCUT2D eigenvalue weighted by Gasteiger charge is 2.38. The Balaban J connectivity index is 1.60. The van der Waals surface area contributed by atoms with Gasteiger partial charge in [0.15, 0.2) is 0 Å². The van der Waals surface area contributed by atoms with Gasteiger partial charge in [-0.05, 0) is 100.0 Å². The van der Waals surface area contributed by atoms with Crippen LogP contribution in [0.4, 0.5) is 0 Å². The van der Waals surface area contributed by atoms with Crippen LogP contribution in [0.3, 0.4) is 0 Å². The molecule has 0 aromatic rings. The molecule has 2 fully saturated rings. The number of unbranched alkanes of at least 4 members (excludes halogenated alkanes) is 1. The van der Waals surface area contributed by atoms with Crippen molar-refractivity contribution in [3.8, 4) is 0 Å². The summed E-state index contributed by atoms with van der Waals surface area (Å²) in [6.45, 7) is 13.4.